The van der Waals surface area contributed by atoms with Gasteiger partial charge >= 0.3 is 0 Å². The number of piperazine rings is 1. The van der Waals surface area contributed by atoms with Gasteiger partial charge in [-0.25, -0.2) is 0 Å². The summed E-state index contributed by atoms with van der Waals surface area (Å²) in [6.45, 7) is 6.85. The molecule has 2 heterocycles. The molecule has 0 radical (unpaired) electrons. The molecule has 0 aliphatic carbocycles. The van der Waals surface area contributed by atoms with E-state index in [9.17, 15) is 4.79 Å². The number of nitrogens with one attached hydrogen (secondary N) is 1. The van der Waals surface area contributed by atoms with Gasteiger partial charge in [0.2, 0.25) is 5.91 Å². The molecule has 0 bridgehead atoms. The Kier molecular flexibility index (Phi) is 4.97. The van der Waals surface area contributed by atoms with Crippen LogP contribution in [0.3, 0.4) is 0 Å². The Labute approximate surface area is 110 Å². The molecule has 1 N–H and O–H groups in total. The first-order valence-electron chi connectivity index (χ1n) is 7.04. The van der Waals surface area contributed by atoms with Crippen molar-refractivity contribution in [2.45, 2.75) is 18.9 Å². The Morgan fingerprint density at radius 1 is 1.22 bits per heavy atom. The number of likely N-dealkylation sites (N-methyl/N-ethyl adjacent to an activating group) is 2. The van der Waals surface area contributed by atoms with Crippen LogP contribution in [0.4, 0.5) is 0 Å². The maximum Gasteiger partial charge on any atom is 0.236 e. The molecule has 2 saturated heterocycles. The lowest BCUT2D eigenvalue weighted by Crippen LogP contribution is -2.51. The van der Waals surface area contributed by atoms with Crippen LogP contribution in [0.5, 0.6) is 0 Å². The zero-order chi connectivity index (χ0) is 13.0. The SMILES string of the molecule is CN1CCN(CC(=O)N(C)C2CCNCC2)CC1. The van der Waals surface area contributed by atoms with Crippen LogP contribution in [0.25, 0.3) is 0 Å². The third-order valence-electron chi connectivity index (χ3n) is 4.20. The summed E-state index contributed by atoms with van der Waals surface area (Å²) in [5.74, 6) is 0.284. The van der Waals surface area contributed by atoms with Crippen LogP contribution in [0.15, 0.2) is 0 Å². The molecule has 2 rings (SSSR count). The highest BCUT2D eigenvalue weighted by Gasteiger charge is 2.24. The summed E-state index contributed by atoms with van der Waals surface area (Å²) < 4.78 is 0. The average Bonchev–Trinajstić information content (AvgIpc) is 2.41. The van der Waals surface area contributed by atoms with Gasteiger partial charge in [0, 0.05) is 39.3 Å². The minimum absolute atomic E-state index is 0.284. The van der Waals surface area contributed by atoms with Gasteiger partial charge < -0.3 is 15.1 Å². The van der Waals surface area contributed by atoms with Gasteiger partial charge in [-0.1, -0.05) is 0 Å². The van der Waals surface area contributed by atoms with Crippen molar-refractivity contribution in [3.63, 3.8) is 0 Å². The van der Waals surface area contributed by atoms with E-state index in [2.05, 4.69) is 22.2 Å². The Morgan fingerprint density at radius 2 is 1.83 bits per heavy atom. The monoisotopic (exact) mass is 254 g/mol. The number of hydrogen-bond acceptors (Lipinski definition) is 4. The van der Waals surface area contributed by atoms with Crippen LogP contribution in [0, 0.1) is 0 Å². The average molecular weight is 254 g/mol. The summed E-state index contributed by atoms with van der Waals surface area (Å²) in [4.78, 5) is 18.8. The van der Waals surface area contributed by atoms with E-state index in [1.807, 2.05) is 11.9 Å². The van der Waals surface area contributed by atoms with Gasteiger partial charge in [0.15, 0.2) is 0 Å². The minimum atomic E-state index is 0.284. The highest BCUT2D eigenvalue weighted by Crippen LogP contribution is 2.10. The van der Waals surface area contributed by atoms with Gasteiger partial charge in [0.05, 0.1) is 6.54 Å². The molecule has 5 nitrogen and oxygen atoms in total. The van der Waals surface area contributed by atoms with E-state index in [1.165, 1.54) is 0 Å². The first-order valence-corrected chi connectivity index (χ1v) is 7.04. The summed E-state index contributed by atoms with van der Waals surface area (Å²) in [5, 5.41) is 3.34. The molecule has 2 fully saturated rings. The standard InChI is InChI=1S/C13H26N4O/c1-15-7-9-17(10-8-15)11-13(18)16(2)12-3-5-14-6-4-12/h12,14H,3-11H2,1-2H3. The number of hydrogen-bond donors (Lipinski definition) is 1. The van der Waals surface area contributed by atoms with Crippen molar-refractivity contribution in [2.75, 3.05) is 59.9 Å². The summed E-state index contributed by atoms with van der Waals surface area (Å²) in [6.07, 6.45) is 2.18. The first kappa shape index (κ1) is 13.8. The number of carbonyl (C=O) groups is 1. The predicted molar refractivity (Wildman–Crippen MR) is 72.6 cm³/mol. The molecule has 0 aromatic heterocycles. The number of nitrogens with zero attached hydrogens (tertiary/aromatic N) is 3. The zero-order valence-corrected chi connectivity index (χ0v) is 11.7. The van der Waals surface area contributed by atoms with Crippen molar-refractivity contribution in [3.8, 4) is 0 Å². The fraction of sp³-hybridized carbons (Fsp3) is 0.923. The van der Waals surface area contributed by atoms with Gasteiger partial charge in [0.25, 0.3) is 0 Å². The zero-order valence-electron chi connectivity index (χ0n) is 11.7. The lowest BCUT2D eigenvalue weighted by atomic mass is 10.1. The molecule has 0 atom stereocenters. The van der Waals surface area contributed by atoms with E-state index in [1.54, 1.807) is 0 Å². The molecule has 0 unspecified atom stereocenters. The van der Waals surface area contributed by atoms with Crippen molar-refractivity contribution >= 4 is 5.91 Å². The van der Waals surface area contributed by atoms with E-state index in [4.69, 9.17) is 0 Å². The minimum Gasteiger partial charge on any atom is -0.342 e. The quantitative estimate of drug-likeness (QED) is 0.733. The second-order valence-corrected chi connectivity index (χ2v) is 5.57. The Morgan fingerprint density at radius 3 is 2.44 bits per heavy atom. The van der Waals surface area contributed by atoms with Crippen LogP contribution < -0.4 is 5.32 Å². The van der Waals surface area contributed by atoms with E-state index in [-0.39, 0.29) is 5.91 Å². The molecule has 104 valence electrons. The maximum absolute atomic E-state index is 12.2. The van der Waals surface area contributed by atoms with Gasteiger partial charge in [-0.3, -0.25) is 9.69 Å². The summed E-state index contributed by atoms with van der Waals surface area (Å²) in [6, 6.07) is 0.436. The van der Waals surface area contributed by atoms with Crippen molar-refractivity contribution in [3.05, 3.63) is 0 Å². The van der Waals surface area contributed by atoms with Gasteiger partial charge in [-0.15, -0.1) is 0 Å². The molecule has 1 amide bonds. The van der Waals surface area contributed by atoms with E-state index in [0.717, 1.165) is 52.1 Å². The largest absolute Gasteiger partial charge is 0.342 e. The predicted octanol–water partition coefficient (Wildman–Crippen LogP) is -0.556. The second-order valence-electron chi connectivity index (χ2n) is 5.57. The highest BCUT2D eigenvalue weighted by molar-refractivity contribution is 5.78. The number of piperidine rings is 1. The lowest BCUT2D eigenvalue weighted by molar-refractivity contribution is -0.134. The molecular weight excluding hydrogens is 228 g/mol. The number of carbonyl (C=O) groups excluding carboxylic acids is 1. The van der Waals surface area contributed by atoms with Crippen LogP contribution >= 0.6 is 0 Å². The summed E-state index contributed by atoms with van der Waals surface area (Å²) in [5.41, 5.74) is 0. The summed E-state index contributed by atoms with van der Waals surface area (Å²) in [7, 11) is 4.11. The van der Waals surface area contributed by atoms with Gasteiger partial charge in [-0.2, -0.15) is 0 Å². The lowest BCUT2D eigenvalue weighted by Gasteiger charge is -2.35. The van der Waals surface area contributed by atoms with Crippen molar-refractivity contribution < 1.29 is 4.79 Å². The molecular formula is C13H26N4O. The van der Waals surface area contributed by atoms with Crippen LogP contribution in [0.1, 0.15) is 12.8 Å². The molecule has 0 saturated carbocycles. The fourth-order valence-electron chi connectivity index (χ4n) is 2.71. The van der Waals surface area contributed by atoms with Crippen molar-refractivity contribution in [1.82, 2.24) is 20.0 Å². The molecule has 5 heteroatoms. The molecule has 0 spiro atoms. The van der Waals surface area contributed by atoms with Crippen LogP contribution in [-0.2, 0) is 4.79 Å². The highest BCUT2D eigenvalue weighted by atomic mass is 16.2. The van der Waals surface area contributed by atoms with E-state index in [0.29, 0.717) is 12.6 Å². The smallest absolute Gasteiger partial charge is 0.236 e. The van der Waals surface area contributed by atoms with Crippen LogP contribution in [0.2, 0.25) is 0 Å². The molecule has 18 heavy (non-hydrogen) atoms. The normalized spacial score (nSPS) is 24.1. The second kappa shape index (κ2) is 6.50. The molecule has 2 aliphatic heterocycles. The van der Waals surface area contributed by atoms with Crippen molar-refractivity contribution in [2.24, 2.45) is 0 Å². The fourth-order valence-corrected chi connectivity index (χ4v) is 2.71. The summed E-state index contributed by atoms with van der Waals surface area (Å²) >= 11 is 0. The Bertz CT molecular complexity index is 270. The van der Waals surface area contributed by atoms with Crippen LogP contribution in [-0.4, -0.2) is 86.6 Å². The Hall–Kier alpha value is -0.650. The molecule has 2 aliphatic rings. The Balaban J connectivity index is 1.76. The van der Waals surface area contributed by atoms with E-state index >= 15 is 0 Å². The van der Waals surface area contributed by atoms with Gasteiger partial charge in [-0.05, 0) is 33.0 Å². The maximum atomic E-state index is 12.2. The van der Waals surface area contributed by atoms with Gasteiger partial charge in [0.1, 0.15) is 0 Å². The number of amides is 1. The molecule has 0 aromatic rings. The van der Waals surface area contributed by atoms with E-state index < -0.39 is 0 Å². The third kappa shape index (κ3) is 3.67. The molecule has 0 aromatic carbocycles. The number of rotatable bonds is 3. The van der Waals surface area contributed by atoms with Crippen molar-refractivity contribution in [1.29, 1.82) is 0 Å². The topological polar surface area (TPSA) is 38.8 Å². The third-order valence-corrected chi connectivity index (χ3v) is 4.20. The first-order chi connectivity index (χ1) is 8.66.